The molecule has 3 aromatic rings. The lowest BCUT2D eigenvalue weighted by Gasteiger charge is -2.35. The zero-order valence-electron chi connectivity index (χ0n) is 17.8. The first kappa shape index (κ1) is 22.2. The van der Waals surface area contributed by atoms with Crippen LogP contribution in [0.15, 0.2) is 48.5 Å². The van der Waals surface area contributed by atoms with E-state index in [9.17, 15) is 19.1 Å². The summed E-state index contributed by atoms with van der Waals surface area (Å²) in [6.07, 6.45) is 0.479. The fourth-order valence-corrected chi connectivity index (χ4v) is 3.88. The van der Waals surface area contributed by atoms with Gasteiger partial charge in [0.25, 0.3) is 5.91 Å². The summed E-state index contributed by atoms with van der Waals surface area (Å²) >= 11 is 0. The van der Waals surface area contributed by atoms with E-state index in [0.29, 0.717) is 41.9 Å². The van der Waals surface area contributed by atoms with E-state index in [1.807, 2.05) is 4.90 Å². The number of aromatic carboxylic acids is 1. The van der Waals surface area contributed by atoms with E-state index in [0.717, 1.165) is 19.6 Å². The second-order valence-electron chi connectivity index (χ2n) is 7.74. The third kappa shape index (κ3) is 4.91. The van der Waals surface area contributed by atoms with Crippen LogP contribution in [0.5, 0.6) is 0 Å². The molecule has 1 aromatic heterocycles. The van der Waals surface area contributed by atoms with Gasteiger partial charge in [0.1, 0.15) is 11.6 Å². The van der Waals surface area contributed by atoms with E-state index in [4.69, 9.17) is 5.26 Å². The van der Waals surface area contributed by atoms with Crippen LogP contribution in [0.2, 0.25) is 0 Å². The van der Waals surface area contributed by atoms with Crippen molar-refractivity contribution >= 4 is 34.3 Å². The van der Waals surface area contributed by atoms with Crippen molar-refractivity contribution in [3.8, 4) is 6.07 Å². The van der Waals surface area contributed by atoms with Crippen molar-refractivity contribution in [2.75, 3.05) is 42.9 Å². The molecule has 0 radical (unpaired) electrons. The maximum atomic E-state index is 13.9. The van der Waals surface area contributed by atoms with Crippen molar-refractivity contribution in [2.45, 2.75) is 6.42 Å². The maximum Gasteiger partial charge on any atom is 0.336 e. The zero-order valence-corrected chi connectivity index (χ0v) is 17.8. The molecule has 1 aliphatic heterocycles. The molecule has 33 heavy (non-hydrogen) atoms. The topological polar surface area (TPSA) is 110 Å². The van der Waals surface area contributed by atoms with Crippen LogP contribution in [0.25, 0.3) is 10.9 Å². The lowest BCUT2D eigenvalue weighted by molar-refractivity contribution is 0.0698. The van der Waals surface area contributed by atoms with Crippen molar-refractivity contribution in [3.05, 3.63) is 65.5 Å². The summed E-state index contributed by atoms with van der Waals surface area (Å²) < 4.78 is 13.9. The summed E-state index contributed by atoms with van der Waals surface area (Å²) in [7, 11) is 0. The average molecular weight is 447 g/mol. The van der Waals surface area contributed by atoms with Crippen molar-refractivity contribution in [2.24, 2.45) is 0 Å². The van der Waals surface area contributed by atoms with E-state index >= 15 is 0 Å². The first-order valence-electron chi connectivity index (χ1n) is 10.5. The summed E-state index contributed by atoms with van der Waals surface area (Å²) in [6.45, 7) is 3.62. The third-order valence-electron chi connectivity index (χ3n) is 5.64. The molecule has 1 saturated heterocycles. The molecular formula is C24H22FN5O3. The monoisotopic (exact) mass is 447 g/mol. The number of hydrogen-bond donors (Lipinski definition) is 2. The number of aromatic nitrogens is 1. The number of halogens is 1. The number of anilines is 2. The largest absolute Gasteiger partial charge is 0.478 e. The number of carbonyl (C=O) groups excluding carboxylic acids is 1. The van der Waals surface area contributed by atoms with E-state index in [-0.39, 0.29) is 11.1 Å². The van der Waals surface area contributed by atoms with Crippen molar-refractivity contribution in [3.63, 3.8) is 0 Å². The Morgan fingerprint density at radius 1 is 1.09 bits per heavy atom. The van der Waals surface area contributed by atoms with Crippen LogP contribution in [0.4, 0.5) is 15.9 Å². The molecule has 0 atom stereocenters. The van der Waals surface area contributed by atoms with Crippen LogP contribution in [0.3, 0.4) is 0 Å². The molecule has 1 aliphatic rings. The predicted octanol–water partition coefficient (Wildman–Crippen LogP) is 3.36. The number of nitrogens with one attached hydrogen (secondary N) is 1. The number of benzene rings is 2. The van der Waals surface area contributed by atoms with Gasteiger partial charge in [-0.3, -0.25) is 9.69 Å². The van der Waals surface area contributed by atoms with E-state index < -0.39 is 17.7 Å². The molecule has 0 bridgehead atoms. The highest BCUT2D eigenvalue weighted by Gasteiger charge is 2.21. The number of nitriles is 1. The molecule has 1 amide bonds. The molecular weight excluding hydrogens is 425 g/mol. The Morgan fingerprint density at radius 3 is 2.55 bits per heavy atom. The summed E-state index contributed by atoms with van der Waals surface area (Å²) in [5.74, 6) is -1.79. The third-order valence-corrected chi connectivity index (χ3v) is 5.64. The predicted molar refractivity (Wildman–Crippen MR) is 122 cm³/mol. The van der Waals surface area contributed by atoms with Gasteiger partial charge >= 0.3 is 5.97 Å². The highest BCUT2D eigenvalue weighted by molar-refractivity contribution is 6.08. The molecule has 4 rings (SSSR count). The minimum Gasteiger partial charge on any atom is -0.478 e. The molecule has 2 N–H and O–H groups in total. The molecule has 1 fully saturated rings. The summed E-state index contributed by atoms with van der Waals surface area (Å²) in [5.41, 5.74) is 0.807. The van der Waals surface area contributed by atoms with Crippen LogP contribution in [0, 0.1) is 17.1 Å². The SMILES string of the molecule is N#CCCN1CCN(c2cc(C(=O)O)c3cc(NC(=O)c4ccccc4F)ccc3n2)CC1. The number of rotatable bonds is 6. The number of hydrogen-bond acceptors (Lipinski definition) is 6. The quantitative estimate of drug-likeness (QED) is 0.596. The highest BCUT2D eigenvalue weighted by atomic mass is 19.1. The fourth-order valence-electron chi connectivity index (χ4n) is 3.88. The van der Waals surface area contributed by atoms with Crippen LogP contribution >= 0.6 is 0 Å². The molecule has 9 heteroatoms. The molecule has 0 saturated carbocycles. The Hall–Kier alpha value is -4.03. The number of nitrogens with zero attached hydrogens (tertiary/aromatic N) is 4. The average Bonchev–Trinajstić information content (AvgIpc) is 2.82. The highest BCUT2D eigenvalue weighted by Crippen LogP contribution is 2.27. The number of carboxylic acids is 1. The minimum absolute atomic E-state index is 0.0731. The molecule has 0 unspecified atom stereocenters. The van der Waals surface area contributed by atoms with Gasteiger partial charge in [0.05, 0.1) is 22.7 Å². The Bertz CT molecular complexity index is 1250. The van der Waals surface area contributed by atoms with Crippen molar-refractivity contribution in [1.29, 1.82) is 5.26 Å². The number of fused-ring (bicyclic) bond motifs is 1. The van der Waals surface area contributed by atoms with Gasteiger partial charge in [-0.15, -0.1) is 0 Å². The van der Waals surface area contributed by atoms with Crippen molar-refractivity contribution < 1.29 is 19.1 Å². The summed E-state index contributed by atoms with van der Waals surface area (Å²) in [5, 5.41) is 21.6. The lowest BCUT2D eigenvalue weighted by Crippen LogP contribution is -2.46. The van der Waals surface area contributed by atoms with Crippen LogP contribution in [-0.2, 0) is 0 Å². The van der Waals surface area contributed by atoms with Gasteiger partial charge in [0.2, 0.25) is 0 Å². The molecule has 0 spiro atoms. The molecule has 2 heterocycles. The second-order valence-corrected chi connectivity index (χ2v) is 7.74. The number of piperazine rings is 1. The smallest absolute Gasteiger partial charge is 0.336 e. The molecule has 8 nitrogen and oxygen atoms in total. The number of carbonyl (C=O) groups is 2. The molecule has 2 aromatic carbocycles. The number of carboxylic acid groups (broad SMARTS) is 1. The summed E-state index contributed by atoms with van der Waals surface area (Å²) in [4.78, 5) is 33.3. The Kier molecular flexibility index (Phi) is 6.47. The zero-order chi connectivity index (χ0) is 23.4. The number of amides is 1. The Morgan fingerprint density at radius 2 is 1.85 bits per heavy atom. The fraction of sp³-hybridized carbons (Fsp3) is 0.250. The first-order chi connectivity index (χ1) is 16.0. The van der Waals surface area contributed by atoms with Gasteiger partial charge in [0.15, 0.2) is 0 Å². The van der Waals surface area contributed by atoms with E-state index in [2.05, 4.69) is 21.3 Å². The Balaban J connectivity index is 1.59. The van der Waals surface area contributed by atoms with Gasteiger partial charge in [-0.05, 0) is 36.4 Å². The van der Waals surface area contributed by atoms with Gasteiger partial charge in [-0.2, -0.15) is 5.26 Å². The lowest BCUT2D eigenvalue weighted by atomic mass is 10.1. The minimum atomic E-state index is -1.10. The van der Waals surface area contributed by atoms with E-state index in [1.165, 1.54) is 30.3 Å². The standard InChI is InChI=1S/C24H22FN5O3/c25-20-5-2-1-4-17(20)23(31)27-16-6-7-21-18(14-16)19(24(32)33)15-22(28-21)30-12-10-29(11-13-30)9-3-8-26/h1-2,4-7,14-15H,3,9-13H2,(H,27,31)(H,32,33). The van der Waals surface area contributed by atoms with Gasteiger partial charge < -0.3 is 15.3 Å². The van der Waals surface area contributed by atoms with Gasteiger partial charge in [-0.1, -0.05) is 12.1 Å². The normalized spacial score (nSPS) is 14.1. The van der Waals surface area contributed by atoms with E-state index in [1.54, 1.807) is 18.2 Å². The second kappa shape index (κ2) is 9.63. The van der Waals surface area contributed by atoms with Crippen LogP contribution in [0.1, 0.15) is 27.1 Å². The van der Waals surface area contributed by atoms with Gasteiger partial charge in [-0.25, -0.2) is 14.2 Å². The van der Waals surface area contributed by atoms with Crippen molar-refractivity contribution in [1.82, 2.24) is 9.88 Å². The van der Waals surface area contributed by atoms with Crippen LogP contribution < -0.4 is 10.2 Å². The molecule has 0 aliphatic carbocycles. The maximum absolute atomic E-state index is 13.9. The number of pyridine rings is 1. The molecule has 168 valence electrons. The summed E-state index contributed by atoms with van der Waals surface area (Å²) in [6, 6.07) is 14.1. The Labute approximate surface area is 189 Å². The van der Waals surface area contributed by atoms with Crippen LogP contribution in [-0.4, -0.2) is 59.6 Å². The first-order valence-corrected chi connectivity index (χ1v) is 10.5. The van der Waals surface area contributed by atoms with Gasteiger partial charge in [0, 0.05) is 50.2 Å².